The van der Waals surface area contributed by atoms with Crippen molar-refractivity contribution in [2.75, 3.05) is 0 Å². The van der Waals surface area contributed by atoms with E-state index in [4.69, 9.17) is 0 Å². The molecule has 0 aromatic heterocycles. The maximum atomic E-state index is 12.3. The number of benzene rings is 3. The van der Waals surface area contributed by atoms with Crippen LogP contribution in [0.2, 0.25) is 0 Å². The predicted octanol–water partition coefficient (Wildman–Crippen LogP) is 8.59. The van der Waals surface area contributed by atoms with E-state index < -0.39 is 11.6 Å². The fraction of sp³-hybridized carbons (Fsp3) is 0.280. The molecule has 0 radical (unpaired) electrons. The van der Waals surface area contributed by atoms with E-state index in [0.29, 0.717) is 5.56 Å². The van der Waals surface area contributed by atoms with E-state index in [9.17, 15) is 17.6 Å². The summed E-state index contributed by atoms with van der Waals surface area (Å²) < 4.78 is 48.6. The van der Waals surface area contributed by atoms with Crippen LogP contribution in [0.25, 0.3) is 0 Å². The van der Waals surface area contributed by atoms with Gasteiger partial charge in [0.1, 0.15) is 23.3 Å². The van der Waals surface area contributed by atoms with E-state index in [-0.39, 0.29) is 11.6 Å². The van der Waals surface area contributed by atoms with Crippen molar-refractivity contribution in [1.82, 2.24) is 0 Å². The Bertz CT molecular complexity index is 678. The standard InChI is InChI=1S/C7H6F2.2C7H7F.2C2H6/c1-5-2-3-6(8)4-7(5)9;2*1-6-2-4-7(8)5-3-6;2*1-2/h2-4H,1H3;2*2-5H,1H3;2*1-2H3. The lowest BCUT2D eigenvalue weighted by molar-refractivity contribution is 0.577. The molecule has 0 spiro atoms. The number of hydrogen-bond acceptors (Lipinski definition) is 0. The molecule has 29 heavy (non-hydrogen) atoms. The zero-order valence-corrected chi connectivity index (χ0v) is 18.4. The second-order valence-electron chi connectivity index (χ2n) is 5.48. The van der Waals surface area contributed by atoms with Crippen LogP contribution in [0.1, 0.15) is 44.4 Å². The average Bonchev–Trinajstić information content (AvgIpc) is 2.73. The summed E-state index contributed by atoms with van der Waals surface area (Å²) in [4.78, 5) is 0. The van der Waals surface area contributed by atoms with Crippen LogP contribution < -0.4 is 0 Å². The lowest BCUT2D eigenvalue weighted by Gasteiger charge is -1.92. The summed E-state index contributed by atoms with van der Waals surface area (Å²) in [6, 6.07) is 16.3. The monoisotopic (exact) mass is 408 g/mol. The van der Waals surface area contributed by atoms with Crippen LogP contribution in [0.4, 0.5) is 17.6 Å². The lowest BCUT2D eigenvalue weighted by Crippen LogP contribution is -1.81. The second kappa shape index (κ2) is 17.5. The van der Waals surface area contributed by atoms with Gasteiger partial charge in [0, 0.05) is 6.07 Å². The van der Waals surface area contributed by atoms with Crippen LogP contribution in [-0.4, -0.2) is 0 Å². The summed E-state index contributed by atoms with van der Waals surface area (Å²) in [6.07, 6.45) is 0. The molecular formula is C25H32F4. The zero-order chi connectivity index (χ0) is 22.8. The zero-order valence-electron chi connectivity index (χ0n) is 18.4. The second-order valence-corrected chi connectivity index (χ2v) is 5.48. The molecule has 0 bridgehead atoms. The van der Waals surface area contributed by atoms with E-state index in [1.807, 2.05) is 41.5 Å². The number of hydrogen-bond donors (Lipinski definition) is 0. The molecule has 3 aromatic carbocycles. The summed E-state index contributed by atoms with van der Waals surface area (Å²) in [5, 5.41) is 0. The molecule has 3 rings (SSSR count). The van der Waals surface area contributed by atoms with Gasteiger partial charge in [-0.25, -0.2) is 17.6 Å². The molecule has 0 N–H and O–H groups in total. The van der Waals surface area contributed by atoms with Crippen LogP contribution in [0.5, 0.6) is 0 Å². The average molecular weight is 409 g/mol. The topological polar surface area (TPSA) is 0 Å². The quantitative estimate of drug-likeness (QED) is 0.327. The maximum Gasteiger partial charge on any atom is 0.129 e. The summed E-state index contributed by atoms with van der Waals surface area (Å²) >= 11 is 0. The van der Waals surface area contributed by atoms with Crippen LogP contribution in [-0.2, 0) is 0 Å². The van der Waals surface area contributed by atoms with Crippen LogP contribution in [0, 0.1) is 44.0 Å². The van der Waals surface area contributed by atoms with Gasteiger partial charge in [0.05, 0.1) is 0 Å². The first-order chi connectivity index (χ1) is 13.8. The number of halogens is 4. The van der Waals surface area contributed by atoms with Gasteiger partial charge in [0.15, 0.2) is 0 Å². The van der Waals surface area contributed by atoms with Crippen molar-refractivity contribution in [1.29, 1.82) is 0 Å². The van der Waals surface area contributed by atoms with Crippen LogP contribution in [0.3, 0.4) is 0 Å². The van der Waals surface area contributed by atoms with Gasteiger partial charge >= 0.3 is 0 Å². The normalized spacial score (nSPS) is 8.52. The van der Waals surface area contributed by atoms with Crippen LogP contribution in [0.15, 0.2) is 66.7 Å². The van der Waals surface area contributed by atoms with Crippen LogP contribution >= 0.6 is 0 Å². The van der Waals surface area contributed by atoms with Gasteiger partial charge in [-0.15, -0.1) is 0 Å². The first kappa shape index (κ1) is 28.6. The van der Waals surface area contributed by atoms with Crippen molar-refractivity contribution in [3.8, 4) is 0 Å². The van der Waals surface area contributed by atoms with Crippen molar-refractivity contribution >= 4 is 0 Å². The van der Waals surface area contributed by atoms with E-state index in [2.05, 4.69) is 0 Å². The Morgan fingerprint density at radius 2 is 0.759 bits per heavy atom. The van der Waals surface area contributed by atoms with Gasteiger partial charge in [-0.3, -0.25) is 0 Å². The maximum absolute atomic E-state index is 12.3. The largest absolute Gasteiger partial charge is 0.207 e. The molecule has 0 unspecified atom stereocenters. The minimum atomic E-state index is -0.530. The lowest BCUT2D eigenvalue weighted by atomic mass is 10.2. The van der Waals surface area contributed by atoms with Crippen molar-refractivity contribution in [2.45, 2.75) is 48.5 Å². The SMILES string of the molecule is CC.CC.Cc1ccc(F)cc1.Cc1ccc(F)cc1.Cc1ccc(F)cc1F. The smallest absolute Gasteiger partial charge is 0.129 e. The third-order valence-corrected chi connectivity index (χ3v) is 3.16. The fourth-order valence-corrected chi connectivity index (χ4v) is 1.63. The molecule has 0 fully saturated rings. The van der Waals surface area contributed by atoms with Gasteiger partial charge in [-0.2, -0.15) is 0 Å². The van der Waals surface area contributed by atoms with Crippen molar-refractivity contribution in [3.63, 3.8) is 0 Å². The highest BCUT2D eigenvalue weighted by Crippen LogP contribution is 2.06. The summed E-state index contributed by atoms with van der Waals surface area (Å²) in [6.45, 7) is 13.5. The molecule has 3 aromatic rings. The Labute approximate surface area is 173 Å². The molecule has 4 heteroatoms. The van der Waals surface area contributed by atoms with Gasteiger partial charge in [0.25, 0.3) is 0 Å². The summed E-state index contributed by atoms with van der Waals surface area (Å²) in [5.41, 5.74) is 2.65. The van der Waals surface area contributed by atoms with Crippen molar-refractivity contribution in [2.24, 2.45) is 0 Å². The van der Waals surface area contributed by atoms with Gasteiger partial charge in [-0.05, 0) is 56.7 Å². The molecule has 0 saturated heterocycles. The first-order valence-electron chi connectivity index (χ1n) is 9.64. The summed E-state index contributed by atoms with van der Waals surface area (Å²) in [5.74, 6) is -1.36. The minimum Gasteiger partial charge on any atom is -0.207 e. The Morgan fingerprint density at radius 1 is 0.448 bits per heavy atom. The predicted molar refractivity (Wildman–Crippen MR) is 116 cm³/mol. The Balaban J connectivity index is 0. The fourth-order valence-electron chi connectivity index (χ4n) is 1.63. The Kier molecular flexibility index (Phi) is 17.2. The minimum absolute atomic E-state index is 0.171. The molecule has 0 heterocycles. The highest BCUT2D eigenvalue weighted by Gasteiger charge is 1.95. The Morgan fingerprint density at radius 3 is 1.00 bits per heavy atom. The van der Waals surface area contributed by atoms with Gasteiger partial charge in [0.2, 0.25) is 0 Å². The third kappa shape index (κ3) is 15.0. The highest BCUT2D eigenvalue weighted by molar-refractivity contribution is 5.16. The van der Waals surface area contributed by atoms with Crippen molar-refractivity contribution in [3.05, 3.63) is 107 Å². The number of aryl methyl sites for hydroxylation is 3. The summed E-state index contributed by atoms with van der Waals surface area (Å²) in [7, 11) is 0. The molecule has 0 saturated carbocycles. The molecule has 0 aliphatic rings. The van der Waals surface area contributed by atoms with Gasteiger partial charge < -0.3 is 0 Å². The molecule has 0 atom stereocenters. The molecule has 160 valence electrons. The third-order valence-electron chi connectivity index (χ3n) is 3.16. The molecule has 0 aliphatic carbocycles. The molecular weight excluding hydrogens is 376 g/mol. The molecule has 0 amide bonds. The van der Waals surface area contributed by atoms with E-state index in [1.54, 1.807) is 31.2 Å². The van der Waals surface area contributed by atoms with E-state index in [1.165, 1.54) is 36.4 Å². The highest BCUT2D eigenvalue weighted by atomic mass is 19.1. The number of rotatable bonds is 0. The molecule has 0 nitrogen and oxygen atoms in total. The van der Waals surface area contributed by atoms with E-state index in [0.717, 1.165) is 17.2 Å². The van der Waals surface area contributed by atoms with E-state index >= 15 is 0 Å². The molecule has 0 aliphatic heterocycles. The van der Waals surface area contributed by atoms with Gasteiger partial charge in [-0.1, -0.05) is 69.2 Å². The van der Waals surface area contributed by atoms with Crippen molar-refractivity contribution < 1.29 is 17.6 Å². The Hall–Kier alpha value is -2.62. The first-order valence-corrected chi connectivity index (χ1v) is 9.64.